The van der Waals surface area contributed by atoms with Crippen molar-refractivity contribution in [3.8, 4) is 5.75 Å². The molecule has 0 saturated heterocycles. The highest BCUT2D eigenvalue weighted by molar-refractivity contribution is 9.10. The van der Waals surface area contributed by atoms with Crippen LogP contribution >= 0.6 is 15.9 Å². The van der Waals surface area contributed by atoms with E-state index in [1.54, 1.807) is 17.9 Å². The van der Waals surface area contributed by atoms with Gasteiger partial charge in [-0.2, -0.15) is 18.3 Å². The van der Waals surface area contributed by atoms with Crippen LogP contribution in [0.3, 0.4) is 0 Å². The molecule has 1 aromatic heterocycles. The molecule has 0 aliphatic heterocycles. The van der Waals surface area contributed by atoms with Crippen LogP contribution in [0.1, 0.15) is 23.0 Å². The lowest BCUT2D eigenvalue weighted by Crippen LogP contribution is -2.27. The fourth-order valence-corrected chi connectivity index (χ4v) is 2.64. The Kier molecular flexibility index (Phi) is 6.10. The van der Waals surface area contributed by atoms with Crippen LogP contribution < -0.4 is 4.74 Å². The largest absolute Gasteiger partial charge is 0.484 e. The van der Waals surface area contributed by atoms with E-state index < -0.39 is 12.8 Å². The van der Waals surface area contributed by atoms with Gasteiger partial charge in [0.05, 0.1) is 22.9 Å². The van der Waals surface area contributed by atoms with Gasteiger partial charge in [-0.3, -0.25) is 9.48 Å². The number of aromatic nitrogens is 2. The Hall–Kier alpha value is -2.03. The number of aryl methyl sites for hydroxylation is 1. The topological polar surface area (TPSA) is 47.4 Å². The summed E-state index contributed by atoms with van der Waals surface area (Å²) < 4.78 is 43.9. The van der Waals surface area contributed by atoms with E-state index in [9.17, 15) is 18.0 Å². The third kappa shape index (κ3) is 5.22. The Morgan fingerprint density at radius 1 is 1.40 bits per heavy atom. The van der Waals surface area contributed by atoms with Crippen LogP contribution in [-0.4, -0.2) is 40.4 Å². The fourth-order valence-electron chi connectivity index (χ4n) is 2.22. The van der Waals surface area contributed by atoms with Crippen molar-refractivity contribution in [1.29, 1.82) is 0 Å². The van der Waals surface area contributed by atoms with Crippen LogP contribution in [0.2, 0.25) is 0 Å². The van der Waals surface area contributed by atoms with E-state index in [2.05, 4.69) is 25.8 Å². The van der Waals surface area contributed by atoms with Crippen molar-refractivity contribution in [2.45, 2.75) is 26.2 Å². The number of hydrogen-bond acceptors (Lipinski definition) is 3. The number of nitrogens with zero attached hydrogens (tertiary/aromatic N) is 3. The Balaban J connectivity index is 2.10. The van der Waals surface area contributed by atoms with Gasteiger partial charge in [-0.25, -0.2) is 0 Å². The van der Waals surface area contributed by atoms with Crippen LogP contribution in [0.4, 0.5) is 13.2 Å². The third-order valence-corrected chi connectivity index (χ3v) is 4.08. The molecule has 25 heavy (non-hydrogen) atoms. The molecule has 0 aliphatic rings. The highest BCUT2D eigenvalue weighted by Crippen LogP contribution is 2.21. The molecule has 0 unspecified atom stereocenters. The molecule has 0 fully saturated rings. The van der Waals surface area contributed by atoms with E-state index in [0.29, 0.717) is 13.1 Å². The van der Waals surface area contributed by atoms with Crippen molar-refractivity contribution in [2.75, 3.05) is 13.7 Å². The molecule has 0 radical (unpaired) electrons. The maximum absolute atomic E-state index is 12.5. The van der Waals surface area contributed by atoms with E-state index in [0.717, 1.165) is 10.2 Å². The molecule has 1 heterocycles. The van der Waals surface area contributed by atoms with Crippen molar-refractivity contribution >= 4 is 21.8 Å². The van der Waals surface area contributed by atoms with E-state index in [4.69, 9.17) is 0 Å². The van der Waals surface area contributed by atoms with E-state index >= 15 is 0 Å². The first-order chi connectivity index (χ1) is 11.7. The molecule has 0 N–H and O–H groups in total. The average molecular weight is 420 g/mol. The van der Waals surface area contributed by atoms with Gasteiger partial charge in [-0.05, 0) is 41.1 Å². The zero-order chi connectivity index (χ0) is 18.6. The lowest BCUT2D eigenvalue weighted by molar-refractivity contribution is -0.153. The molecule has 9 heteroatoms. The summed E-state index contributed by atoms with van der Waals surface area (Å²) in [6.45, 7) is 1.50. The second kappa shape index (κ2) is 7.90. The number of rotatable bonds is 6. The highest BCUT2D eigenvalue weighted by atomic mass is 79.9. The molecule has 0 atom stereocenters. The number of halogens is 4. The second-order valence-electron chi connectivity index (χ2n) is 5.35. The fraction of sp³-hybridized carbons (Fsp3) is 0.375. The summed E-state index contributed by atoms with van der Waals surface area (Å²) in [6.07, 6.45) is -2.77. The monoisotopic (exact) mass is 419 g/mol. The van der Waals surface area contributed by atoms with E-state index in [1.165, 1.54) is 29.2 Å². The van der Waals surface area contributed by atoms with Gasteiger partial charge in [0.25, 0.3) is 5.91 Å². The maximum Gasteiger partial charge on any atom is 0.422 e. The van der Waals surface area contributed by atoms with E-state index in [1.807, 2.05) is 6.92 Å². The minimum Gasteiger partial charge on any atom is -0.484 e. The summed E-state index contributed by atoms with van der Waals surface area (Å²) in [7, 11) is 1.62. The lowest BCUT2D eigenvalue weighted by atomic mass is 10.2. The summed E-state index contributed by atoms with van der Waals surface area (Å²) in [5, 5.41) is 4.19. The van der Waals surface area contributed by atoms with Crippen molar-refractivity contribution in [3.63, 3.8) is 0 Å². The predicted molar refractivity (Wildman–Crippen MR) is 89.4 cm³/mol. The molecule has 0 aliphatic carbocycles. The van der Waals surface area contributed by atoms with Crippen LogP contribution in [0.25, 0.3) is 0 Å². The van der Waals surface area contributed by atoms with Crippen molar-refractivity contribution in [1.82, 2.24) is 14.7 Å². The predicted octanol–water partition coefficient (Wildman–Crippen LogP) is 3.88. The van der Waals surface area contributed by atoms with Gasteiger partial charge >= 0.3 is 6.18 Å². The Bertz CT molecular complexity index is 746. The minimum absolute atomic E-state index is 0.00337. The second-order valence-corrected chi connectivity index (χ2v) is 6.20. The number of carbonyl (C=O) groups excluding carboxylic acids is 1. The quantitative estimate of drug-likeness (QED) is 0.713. The zero-order valence-corrected chi connectivity index (χ0v) is 15.3. The number of alkyl halides is 3. The SMILES string of the molecule is CCn1ncc(Br)c1CN(C)C(=O)c1cccc(OCC(F)(F)F)c1. The molecule has 1 amide bonds. The molecule has 1 aromatic carbocycles. The summed E-state index contributed by atoms with van der Waals surface area (Å²) in [5.74, 6) is -0.329. The average Bonchev–Trinajstić information content (AvgIpc) is 2.92. The van der Waals surface area contributed by atoms with Gasteiger partial charge in [-0.15, -0.1) is 0 Å². The lowest BCUT2D eigenvalue weighted by Gasteiger charge is -2.19. The summed E-state index contributed by atoms with van der Waals surface area (Å²) >= 11 is 3.39. The zero-order valence-electron chi connectivity index (χ0n) is 13.7. The molecule has 0 spiro atoms. The molecule has 2 aromatic rings. The Labute approximate surface area is 151 Å². The van der Waals surface area contributed by atoms with Crippen LogP contribution in [-0.2, 0) is 13.1 Å². The Morgan fingerprint density at radius 2 is 2.12 bits per heavy atom. The van der Waals surface area contributed by atoms with E-state index in [-0.39, 0.29) is 17.2 Å². The number of ether oxygens (including phenoxy) is 1. The summed E-state index contributed by atoms with van der Waals surface area (Å²) in [6, 6.07) is 5.70. The molecule has 0 saturated carbocycles. The van der Waals surface area contributed by atoms with Gasteiger partial charge in [0, 0.05) is 19.2 Å². The summed E-state index contributed by atoms with van der Waals surface area (Å²) in [5.41, 5.74) is 1.09. The van der Waals surface area contributed by atoms with Gasteiger partial charge in [0.1, 0.15) is 5.75 Å². The van der Waals surface area contributed by atoms with Crippen LogP contribution in [0.5, 0.6) is 5.75 Å². The molecule has 136 valence electrons. The molecule has 0 bridgehead atoms. The minimum atomic E-state index is -4.43. The van der Waals surface area contributed by atoms with Gasteiger partial charge in [-0.1, -0.05) is 6.07 Å². The van der Waals surface area contributed by atoms with Crippen LogP contribution in [0.15, 0.2) is 34.9 Å². The van der Waals surface area contributed by atoms with Crippen molar-refractivity contribution < 1.29 is 22.7 Å². The molecule has 5 nitrogen and oxygen atoms in total. The maximum atomic E-state index is 12.5. The van der Waals surface area contributed by atoms with Crippen LogP contribution in [0, 0.1) is 0 Å². The number of benzene rings is 1. The smallest absolute Gasteiger partial charge is 0.422 e. The Morgan fingerprint density at radius 3 is 2.76 bits per heavy atom. The first kappa shape index (κ1) is 19.3. The van der Waals surface area contributed by atoms with Gasteiger partial charge < -0.3 is 9.64 Å². The standard InChI is InChI=1S/C16H17BrF3N3O2/c1-3-23-14(13(17)8-21-23)9-22(2)15(24)11-5-4-6-12(7-11)25-10-16(18,19)20/h4-8H,3,9-10H2,1-2H3. The molecular formula is C16H17BrF3N3O2. The number of hydrogen-bond donors (Lipinski definition) is 0. The highest BCUT2D eigenvalue weighted by Gasteiger charge is 2.28. The van der Waals surface area contributed by atoms with Crippen molar-refractivity contribution in [3.05, 3.63) is 46.2 Å². The first-order valence-corrected chi connectivity index (χ1v) is 8.26. The molecular weight excluding hydrogens is 403 g/mol. The number of carbonyl (C=O) groups is 1. The van der Waals surface area contributed by atoms with Gasteiger partial charge in [0.2, 0.25) is 0 Å². The first-order valence-electron chi connectivity index (χ1n) is 7.46. The van der Waals surface area contributed by atoms with Crippen molar-refractivity contribution in [2.24, 2.45) is 0 Å². The molecule has 2 rings (SSSR count). The number of amides is 1. The third-order valence-electron chi connectivity index (χ3n) is 3.41. The van der Waals surface area contributed by atoms with Gasteiger partial charge in [0.15, 0.2) is 6.61 Å². The summed E-state index contributed by atoms with van der Waals surface area (Å²) in [4.78, 5) is 14.0. The normalized spacial score (nSPS) is 11.4.